The van der Waals surface area contributed by atoms with Crippen LogP contribution >= 0.6 is 15.9 Å². The maximum absolute atomic E-state index is 11.8. The Labute approximate surface area is 101 Å². The Balaban J connectivity index is 2.44. The molecule has 0 aliphatic heterocycles. The summed E-state index contributed by atoms with van der Waals surface area (Å²) < 4.78 is 30.3. The molecular formula is C9H14BrF2N3O. The van der Waals surface area contributed by atoms with Gasteiger partial charge < -0.3 is 9.30 Å². The van der Waals surface area contributed by atoms with Crippen molar-refractivity contribution >= 4 is 15.9 Å². The summed E-state index contributed by atoms with van der Waals surface area (Å²) in [6.45, 7) is 2.47. The Bertz CT molecular complexity index is 320. The van der Waals surface area contributed by atoms with E-state index in [1.807, 2.05) is 11.5 Å². The van der Waals surface area contributed by atoms with Gasteiger partial charge >= 0.3 is 0 Å². The van der Waals surface area contributed by atoms with Gasteiger partial charge in [-0.3, -0.25) is 0 Å². The molecule has 7 heteroatoms. The van der Waals surface area contributed by atoms with Crippen LogP contribution < -0.4 is 0 Å². The molecule has 1 aromatic heterocycles. The molecule has 0 aromatic carbocycles. The quantitative estimate of drug-likeness (QED) is 0.571. The van der Waals surface area contributed by atoms with E-state index in [1.54, 1.807) is 0 Å². The molecule has 1 aromatic rings. The van der Waals surface area contributed by atoms with Gasteiger partial charge in [-0.15, -0.1) is 10.2 Å². The van der Waals surface area contributed by atoms with Crippen molar-refractivity contribution in [2.45, 2.75) is 31.6 Å². The zero-order valence-electron chi connectivity index (χ0n) is 9.00. The molecule has 1 heterocycles. The first kappa shape index (κ1) is 13.5. The van der Waals surface area contributed by atoms with Gasteiger partial charge in [0.2, 0.25) is 0 Å². The van der Waals surface area contributed by atoms with Gasteiger partial charge in [-0.2, -0.15) is 0 Å². The van der Waals surface area contributed by atoms with E-state index in [0.29, 0.717) is 11.8 Å². The third kappa shape index (κ3) is 3.79. The molecule has 0 aliphatic rings. The Morgan fingerprint density at radius 2 is 2.06 bits per heavy atom. The highest BCUT2D eigenvalue weighted by Gasteiger charge is 2.09. The lowest BCUT2D eigenvalue weighted by atomic mass is 10.4. The molecule has 0 atom stereocenters. The van der Waals surface area contributed by atoms with Gasteiger partial charge in [0, 0.05) is 13.0 Å². The molecular weight excluding hydrogens is 284 g/mol. The van der Waals surface area contributed by atoms with E-state index in [0.717, 1.165) is 18.2 Å². The first-order valence-electron chi connectivity index (χ1n) is 5.01. The van der Waals surface area contributed by atoms with Crippen LogP contribution in [0.25, 0.3) is 0 Å². The lowest BCUT2D eigenvalue weighted by Crippen LogP contribution is -2.11. The van der Waals surface area contributed by atoms with Gasteiger partial charge in [0.05, 0.1) is 11.9 Å². The molecule has 0 saturated heterocycles. The monoisotopic (exact) mass is 297 g/mol. The second-order valence-corrected chi connectivity index (χ2v) is 3.69. The van der Waals surface area contributed by atoms with Gasteiger partial charge in [-0.05, 0) is 6.92 Å². The fourth-order valence-electron chi connectivity index (χ4n) is 1.36. The number of ether oxygens (including phenoxy) is 1. The molecule has 4 nitrogen and oxygen atoms in total. The summed E-state index contributed by atoms with van der Waals surface area (Å²) >= 11 is 3.31. The molecule has 0 saturated carbocycles. The summed E-state index contributed by atoms with van der Waals surface area (Å²) in [5.41, 5.74) is 0. The van der Waals surface area contributed by atoms with E-state index >= 15 is 0 Å². The van der Waals surface area contributed by atoms with Gasteiger partial charge in [-0.25, -0.2) is 8.78 Å². The number of hydrogen-bond acceptors (Lipinski definition) is 3. The highest BCUT2D eigenvalue weighted by molar-refractivity contribution is 9.08. The number of halogens is 3. The summed E-state index contributed by atoms with van der Waals surface area (Å²) in [6, 6.07) is 0. The van der Waals surface area contributed by atoms with E-state index < -0.39 is 13.0 Å². The summed E-state index contributed by atoms with van der Waals surface area (Å²) in [5.74, 6) is 1.61. The lowest BCUT2D eigenvalue weighted by Gasteiger charge is -2.06. The zero-order valence-corrected chi connectivity index (χ0v) is 10.6. The average Bonchev–Trinajstić information content (AvgIpc) is 2.66. The van der Waals surface area contributed by atoms with Gasteiger partial charge in [0.25, 0.3) is 6.43 Å². The largest absolute Gasteiger partial charge is 0.375 e. The van der Waals surface area contributed by atoms with Gasteiger partial charge in [0.1, 0.15) is 18.3 Å². The fraction of sp³-hybridized carbons (Fsp3) is 0.778. The first-order valence-corrected chi connectivity index (χ1v) is 6.14. The van der Waals surface area contributed by atoms with Crippen molar-refractivity contribution < 1.29 is 13.5 Å². The summed E-state index contributed by atoms with van der Waals surface area (Å²) in [4.78, 5) is 0. The van der Waals surface area contributed by atoms with Crippen molar-refractivity contribution in [2.75, 3.05) is 13.2 Å². The van der Waals surface area contributed by atoms with Crippen molar-refractivity contribution in [3.8, 4) is 0 Å². The third-order valence-electron chi connectivity index (χ3n) is 2.05. The average molecular weight is 298 g/mol. The number of aromatic nitrogens is 3. The van der Waals surface area contributed by atoms with Crippen LogP contribution in [0.3, 0.4) is 0 Å². The zero-order chi connectivity index (χ0) is 12.0. The highest BCUT2D eigenvalue weighted by atomic mass is 79.9. The molecule has 0 aliphatic carbocycles. The molecule has 0 bridgehead atoms. The van der Waals surface area contributed by atoms with Crippen LogP contribution in [0, 0.1) is 0 Å². The molecule has 0 amide bonds. The Hall–Kier alpha value is -0.560. The summed E-state index contributed by atoms with van der Waals surface area (Å²) in [6.07, 6.45) is -1.91. The number of rotatable bonds is 7. The lowest BCUT2D eigenvalue weighted by molar-refractivity contribution is 0.0181. The molecule has 0 fully saturated rings. The Morgan fingerprint density at radius 1 is 1.38 bits per heavy atom. The standard InChI is InChI=1S/C9H14BrF2N3O/c1-2-15-8(13-14-9(15)5-10)3-4-16-6-7(11)12/h7H,2-6H2,1H3. The van der Waals surface area contributed by atoms with Gasteiger partial charge in [0.15, 0.2) is 0 Å². The molecule has 0 radical (unpaired) electrons. The van der Waals surface area contributed by atoms with Crippen molar-refractivity contribution in [1.82, 2.24) is 14.8 Å². The fourth-order valence-corrected chi connectivity index (χ4v) is 1.77. The molecule has 92 valence electrons. The van der Waals surface area contributed by atoms with E-state index in [4.69, 9.17) is 4.74 Å². The molecule has 16 heavy (non-hydrogen) atoms. The third-order valence-corrected chi connectivity index (χ3v) is 2.56. The summed E-state index contributed by atoms with van der Waals surface area (Å²) in [5, 5.41) is 8.60. The number of alkyl halides is 3. The van der Waals surface area contributed by atoms with Crippen LogP contribution in [-0.4, -0.2) is 34.4 Å². The molecule has 1 rings (SSSR count). The van der Waals surface area contributed by atoms with E-state index in [9.17, 15) is 8.78 Å². The highest BCUT2D eigenvalue weighted by Crippen LogP contribution is 2.07. The normalized spacial score (nSPS) is 11.3. The van der Waals surface area contributed by atoms with E-state index in [-0.39, 0.29) is 6.61 Å². The maximum Gasteiger partial charge on any atom is 0.261 e. The van der Waals surface area contributed by atoms with Crippen LogP contribution in [0.4, 0.5) is 8.78 Å². The van der Waals surface area contributed by atoms with Crippen LogP contribution in [0.5, 0.6) is 0 Å². The molecule has 0 unspecified atom stereocenters. The Morgan fingerprint density at radius 3 is 2.62 bits per heavy atom. The smallest absolute Gasteiger partial charge is 0.261 e. The minimum Gasteiger partial charge on any atom is -0.375 e. The van der Waals surface area contributed by atoms with Gasteiger partial charge in [-0.1, -0.05) is 15.9 Å². The number of hydrogen-bond donors (Lipinski definition) is 0. The van der Waals surface area contributed by atoms with Crippen molar-refractivity contribution in [2.24, 2.45) is 0 Å². The van der Waals surface area contributed by atoms with Crippen LogP contribution in [0.2, 0.25) is 0 Å². The van der Waals surface area contributed by atoms with Crippen LogP contribution in [0.15, 0.2) is 0 Å². The van der Waals surface area contributed by atoms with E-state index in [2.05, 4.69) is 26.1 Å². The van der Waals surface area contributed by atoms with Crippen molar-refractivity contribution in [3.63, 3.8) is 0 Å². The molecule has 0 N–H and O–H groups in total. The van der Waals surface area contributed by atoms with Crippen molar-refractivity contribution in [3.05, 3.63) is 11.6 Å². The second kappa shape index (κ2) is 6.90. The maximum atomic E-state index is 11.8. The molecule has 0 spiro atoms. The predicted molar refractivity (Wildman–Crippen MR) is 58.9 cm³/mol. The summed E-state index contributed by atoms with van der Waals surface area (Å²) in [7, 11) is 0. The Kier molecular flexibility index (Phi) is 5.83. The second-order valence-electron chi connectivity index (χ2n) is 3.13. The minimum absolute atomic E-state index is 0.241. The minimum atomic E-state index is -2.41. The number of nitrogens with zero attached hydrogens (tertiary/aromatic N) is 3. The SMILES string of the molecule is CCn1c(CBr)nnc1CCOCC(F)F. The van der Waals surface area contributed by atoms with Crippen LogP contribution in [0.1, 0.15) is 18.6 Å². The van der Waals surface area contributed by atoms with E-state index in [1.165, 1.54) is 0 Å². The van der Waals surface area contributed by atoms with Crippen molar-refractivity contribution in [1.29, 1.82) is 0 Å². The first-order chi connectivity index (χ1) is 7.69. The predicted octanol–water partition coefficient (Wildman–Crippen LogP) is 2.02. The van der Waals surface area contributed by atoms with Crippen LogP contribution in [-0.2, 0) is 23.0 Å². The topological polar surface area (TPSA) is 39.9 Å².